The van der Waals surface area contributed by atoms with Crippen molar-refractivity contribution in [2.24, 2.45) is 0 Å². The number of aliphatic hydroxyl groups is 2. The molecule has 0 aliphatic carbocycles. The van der Waals surface area contributed by atoms with Gasteiger partial charge in [0.05, 0.1) is 39.9 Å². The standard InChI is InChI=1S/C37H77N2O7P/c1-6-8-10-12-14-16-18-20-22-24-26-28-30-32-36(41)38-34(33-45-47(43,44)46-39(3,4)5)37(42)35(40)31-29-27-25-23-21-19-17-15-13-11-9-7-2/h34-35,37,40,42H,6-33H2,1-5H3,(H-,38,41,43,44)/p+1/t34-,35?,37-/m0/s1. The maximum atomic E-state index is 12.8. The number of nitrogens with zero attached hydrogens (tertiary/aromatic N) is 1. The van der Waals surface area contributed by atoms with Crippen LogP contribution in [0.5, 0.6) is 0 Å². The Balaban J connectivity index is 4.48. The molecular weight excluding hydrogens is 615 g/mol. The Morgan fingerprint density at radius 1 is 0.638 bits per heavy atom. The minimum absolute atomic E-state index is 0.256. The van der Waals surface area contributed by atoms with Gasteiger partial charge in [-0.25, -0.2) is 4.57 Å². The van der Waals surface area contributed by atoms with Gasteiger partial charge in [-0.15, -0.1) is 0 Å². The van der Waals surface area contributed by atoms with E-state index >= 15 is 0 Å². The Morgan fingerprint density at radius 3 is 1.38 bits per heavy atom. The average molecular weight is 694 g/mol. The first-order valence-electron chi connectivity index (χ1n) is 19.6. The van der Waals surface area contributed by atoms with Crippen LogP contribution < -0.4 is 5.32 Å². The summed E-state index contributed by atoms with van der Waals surface area (Å²) in [4.78, 5) is 22.9. The number of quaternary nitrogens is 1. The van der Waals surface area contributed by atoms with Crippen LogP contribution in [-0.4, -0.2) is 71.7 Å². The molecule has 0 radical (unpaired) electrons. The van der Waals surface area contributed by atoms with E-state index < -0.39 is 32.7 Å². The minimum Gasteiger partial charge on any atom is -0.390 e. The summed E-state index contributed by atoms with van der Waals surface area (Å²) >= 11 is 0. The van der Waals surface area contributed by atoms with E-state index in [1.807, 2.05) is 0 Å². The van der Waals surface area contributed by atoms with E-state index in [4.69, 9.17) is 9.15 Å². The Kier molecular flexibility index (Phi) is 29.9. The highest BCUT2D eigenvalue weighted by atomic mass is 31.2. The largest absolute Gasteiger partial charge is 0.518 e. The summed E-state index contributed by atoms with van der Waals surface area (Å²) < 4.78 is 22.5. The van der Waals surface area contributed by atoms with E-state index in [0.717, 1.165) is 38.5 Å². The lowest BCUT2D eigenvalue weighted by Crippen LogP contribution is -2.51. The molecule has 0 rings (SSSR count). The summed E-state index contributed by atoms with van der Waals surface area (Å²) in [6.07, 6.45) is 28.6. The Bertz CT molecular complexity index is 765. The lowest BCUT2D eigenvalue weighted by atomic mass is 9.99. The molecule has 0 saturated carbocycles. The summed E-state index contributed by atoms with van der Waals surface area (Å²) in [5.74, 6) is -0.265. The molecule has 4 N–H and O–H groups in total. The van der Waals surface area contributed by atoms with Gasteiger partial charge in [-0.05, 0) is 12.8 Å². The van der Waals surface area contributed by atoms with Gasteiger partial charge in [0.2, 0.25) is 5.91 Å². The van der Waals surface area contributed by atoms with Crippen LogP contribution in [0, 0.1) is 0 Å². The third kappa shape index (κ3) is 31.2. The van der Waals surface area contributed by atoms with E-state index in [1.54, 1.807) is 21.1 Å². The van der Waals surface area contributed by atoms with Crippen molar-refractivity contribution in [1.82, 2.24) is 5.32 Å². The maximum absolute atomic E-state index is 12.8. The van der Waals surface area contributed by atoms with Crippen molar-refractivity contribution >= 4 is 13.7 Å². The molecule has 2 unspecified atom stereocenters. The molecule has 1 amide bonds. The third-order valence-corrected chi connectivity index (χ3v) is 9.95. The van der Waals surface area contributed by atoms with Crippen LogP contribution in [0.4, 0.5) is 0 Å². The molecule has 0 heterocycles. The number of hydrogen-bond donors (Lipinski definition) is 4. The van der Waals surface area contributed by atoms with Gasteiger partial charge in [-0.1, -0.05) is 173 Å². The van der Waals surface area contributed by atoms with Crippen molar-refractivity contribution < 1.29 is 38.3 Å². The van der Waals surface area contributed by atoms with Crippen molar-refractivity contribution in [3.63, 3.8) is 0 Å². The second-order valence-electron chi connectivity index (χ2n) is 14.6. The normalized spacial score (nSPS) is 15.3. The number of phosphoric acid groups is 1. The first-order chi connectivity index (χ1) is 22.4. The summed E-state index contributed by atoms with van der Waals surface area (Å²) in [6, 6.07) is -1.03. The molecule has 0 spiro atoms. The Hall–Kier alpha value is -0.540. The number of hydroxylamine groups is 3. The molecule has 282 valence electrons. The fourth-order valence-corrected chi connectivity index (χ4v) is 6.96. The van der Waals surface area contributed by atoms with Gasteiger partial charge in [-0.2, -0.15) is 4.65 Å². The number of amides is 1. The summed E-state index contributed by atoms with van der Waals surface area (Å²) in [6.45, 7) is 4.04. The third-order valence-electron chi connectivity index (χ3n) is 8.78. The van der Waals surface area contributed by atoms with E-state index in [2.05, 4.69) is 19.2 Å². The number of phosphoric ester groups is 1. The molecule has 0 aliphatic heterocycles. The molecule has 0 bridgehead atoms. The smallest absolute Gasteiger partial charge is 0.390 e. The van der Waals surface area contributed by atoms with Gasteiger partial charge in [0.25, 0.3) is 0 Å². The fraction of sp³-hybridized carbons (Fsp3) is 0.973. The second kappa shape index (κ2) is 30.3. The van der Waals surface area contributed by atoms with Crippen LogP contribution in [-0.2, 0) is 18.5 Å². The average Bonchev–Trinajstić information content (AvgIpc) is 3.00. The highest BCUT2D eigenvalue weighted by Crippen LogP contribution is 2.45. The number of nitrogens with one attached hydrogen (secondary N) is 1. The van der Waals surface area contributed by atoms with E-state index in [9.17, 15) is 24.5 Å². The summed E-state index contributed by atoms with van der Waals surface area (Å²) in [5, 5.41) is 24.5. The number of carbonyl (C=O) groups excluding carboxylic acids is 1. The first-order valence-corrected chi connectivity index (χ1v) is 21.1. The number of rotatable bonds is 35. The van der Waals surface area contributed by atoms with Crippen molar-refractivity contribution in [3.8, 4) is 0 Å². The molecule has 4 atom stereocenters. The minimum atomic E-state index is -4.45. The zero-order valence-electron chi connectivity index (χ0n) is 31.4. The highest BCUT2D eigenvalue weighted by Gasteiger charge is 2.35. The quantitative estimate of drug-likeness (QED) is 0.0226. The number of carbonyl (C=O) groups is 1. The molecule has 47 heavy (non-hydrogen) atoms. The Labute approximate surface area is 290 Å². The zero-order valence-corrected chi connectivity index (χ0v) is 32.3. The van der Waals surface area contributed by atoms with Crippen LogP contribution >= 0.6 is 7.82 Å². The first kappa shape index (κ1) is 46.5. The van der Waals surface area contributed by atoms with Crippen molar-refractivity contribution in [2.75, 3.05) is 27.7 Å². The van der Waals surface area contributed by atoms with E-state index in [1.165, 1.54) is 122 Å². The molecule has 0 fully saturated rings. The van der Waals surface area contributed by atoms with Gasteiger partial charge in [0.1, 0.15) is 6.10 Å². The Morgan fingerprint density at radius 2 is 1.00 bits per heavy atom. The van der Waals surface area contributed by atoms with Crippen molar-refractivity contribution in [3.05, 3.63) is 0 Å². The number of aliphatic hydroxyl groups excluding tert-OH is 2. The molecule has 0 aromatic rings. The van der Waals surface area contributed by atoms with E-state index in [0.29, 0.717) is 12.8 Å². The molecule has 0 aliphatic rings. The van der Waals surface area contributed by atoms with E-state index in [-0.39, 0.29) is 10.6 Å². The van der Waals surface area contributed by atoms with Crippen LogP contribution in [0.3, 0.4) is 0 Å². The van der Waals surface area contributed by atoms with Gasteiger partial charge < -0.3 is 15.5 Å². The molecule has 0 aromatic carbocycles. The van der Waals surface area contributed by atoms with Crippen LogP contribution in [0.15, 0.2) is 0 Å². The molecule has 10 heteroatoms. The van der Waals surface area contributed by atoms with Crippen LogP contribution in [0.25, 0.3) is 0 Å². The predicted octanol–water partition coefficient (Wildman–Crippen LogP) is 9.52. The fourth-order valence-electron chi connectivity index (χ4n) is 5.95. The lowest BCUT2D eigenvalue weighted by Gasteiger charge is -2.29. The predicted molar refractivity (Wildman–Crippen MR) is 195 cm³/mol. The number of unbranched alkanes of at least 4 members (excludes halogenated alkanes) is 23. The monoisotopic (exact) mass is 694 g/mol. The van der Waals surface area contributed by atoms with Crippen LogP contribution in [0.1, 0.15) is 187 Å². The van der Waals surface area contributed by atoms with Gasteiger partial charge in [0, 0.05) is 6.42 Å². The maximum Gasteiger partial charge on any atom is 0.518 e. The van der Waals surface area contributed by atoms with Crippen molar-refractivity contribution in [2.45, 2.75) is 205 Å². The van der Waals surface area contributed by atoms with Gasteiger partial charge in [0.15, 0.2) is 0 Å². The summed E-state index contributed by atoms with van der Waals surface area (Å²) in [7, 11) is 0.279. The lowest BCUT2D eigenvalue weighted by molar-refractivity contribution is -1.04. The van der Waals surface area contributed by atoms with Crippen molar-refractivity contribution in [1.29, 1.82) is 0 Å². The molecule has 0 saturated heterocycles. The van der Waals surface area contributed by atoms with Gasteiger partial charge in [-0.3, -0.25) is 14.2 Å². The summed E-state index contributed by atoms with van der Waals surface area (Å²) in [5.41, 5.74) is 0. The second-order valence-corrected chi connectivity index (χ2v) is 16.0. The SMILES string of the molecule is CCCCCCCCCCCCCCCC(=O)N[C@@H](COP(=O)(O)O[N+](C)(C)C)[C@H](O)C(O)CCCCCCCCCCCCCC. The molecular formula is C37H78N2O7P+. The highest BCUT2D eigenvalue weighted by molar-refractivity contribution is 7.47. The van der Waals surface area contributed by atoms with Gasteiger partial charge >= 0.3 is 7.82 Å². The topological polar surface area (TPSA) is 125 Å². The molecule has 9 nitrogen and oxygen atoms in total. The van der Waals surface area contributed by atoms with Crippen LogP contribution in [0.2, 0.25) is 0 Å². The number of hydrogen-bond acceptors (Lipinski definition) is 6. The zero-order chi connectivity index (χ0) is 35.2. The molecule has 0 aromatic heterocycles.